The number of benzene rings is 1. The molecule has 0 unspecified atom stereocenters. The van der Waals surface area contributed by atoms with Crippen LogP contribution in [0, 0.1) is 5.82 Å². The average molecular weight is 481 g/mol. The van der Waals surface area contributed by atoms with Crippen molar-refractivity contribution in [3.8, 4) is 5.88 Å². The Morgan fingerprint density at radius 1 is 1.30 bits per heavy atom. The lowest BCUT2D eigenvalue weighted by Gasteiger charge is -2.39. The first-order valence-corrected chi connectivity index (χ1v) is 10.7. The van der Waals surface area contributed by atoms with Gasteiger partial charge in [-0.25, -0.2) is 18.7 Å². The predicted molar refractivity (Wildman–Crippen MR) is 116 cm³/mol. The Morgan fingerprint density at radius 3 is 2.57 bits per heavy atom. The van der Waals surface area contributed by atoms with Gasteiger partial charge in [-0.1, -0.05) is 6.92 Å². The highest BCUT2D eigenvalue weighted by Crippen LogP contribution is 2.43. The molecule has 1 N–H and O–H groups in total. The van der Waals surface area contributed by atoms with Gasteiger partial charge in [-0.05, 0) is 55.6 Å². The Bertz CT molecular complexity index is 1120. The largest absolute Gasteiger partial charge is 0.481 e. The molecule has 0 aliphatic carbocycles. The summed E-state index contributed by atoms with van der Waals surface area (Å²) in [5.41, 5.74) is 2.18. The first kappa shape index (κ1) is 21.0. The average Bonchev–Trinajstić information content (AvgIpc) is 3.15. The molecular formula is C21H26BrFN4O3. The number of ether oxygens (including phenoxy) is 2. The van der Waals surface area contributed by atoms with Crippen LogP contribution >= 0.6 is 15.9 Å². The molecule has 162 valence electrons. The van der Waals surface area contributed by atoms with Crippen LogP contribution in [0.4, 0.5) is 9.18 Å². The van der Waals surface area contributed by atoms with E-state index in [-0.39, 0.29) is 17.3 Å². The van der Waals surface area contributed by atoms with Gasteiger partial charge in [0.25, 0.3) is 0 Å². The smallest absolute Gasteiger partial charge is 0.410 e. The third-order valence-corrected chi connectivity index (χ3v) is 6.26. The second-order valence-electron chi connectivity index (χ2n) is 9.07. The van der Waals surface area contributed by atoms with Gasteiger partial charge < -0.3 is 14.4 Å². The van der Waals surface area contributed by atoms with Gasteiger partial charge in [0, 0.05) is 29.0 Å². The molecular weight excluding hydrogens is 455 g/mol. The normalized spacial score (nSPS) is 17.0. The first-order chi connectivity index (χ1) is 14.0. The molecule has 30 heavy (non-hydrogen) atoms. The van der Waals surface area contributed by atoms with Crippen LogP contribution in [0.3, 0.4) is 0 Å². The van der Waals surface area contributed by atoms with E-state index < -0.39 is 5.60 Å². The zero-order valence-corrected chi connectivity index (χ0v) is 19.4. The van der Waals surface area contributed by atoms with Crippen molar-refractivity contribution in [3.05, 3.63) is 28.0 Å². The number of aromatic amines is 1. The molecule has 1 saturated heterocycles. The molecule has 1 aromatic carbocycles. The van der Waals surface area contributed by atoms with Gasteiger partial charge in [-0.3, -0.25) is 5.10 Å². The molecule has 1 aliphatic heterocycles. The number of methoxy groups -OCH3 is 1. The number of nitrogens with zero attached hydrogens (tertiary/aromatic N) is 3. The molecule has 9 heteroatoms. The Hall–Kier alpha value is -2.29. The molecule has 0 saturated carbocycles. The second-order valence-corrected chi connectivity index (χ2v) is 9.93. The zero-order chi connectivity index (χ0) is 21.8. The van der Waals surface area contributed by atoms with Crippen LogP contribution in [-0.2, 0) is 10.2 Å². The van der Waals surface area contributed by atoms with Crippen molar-refractivity contribution in [2.45, 2.75) is 51.6 Å². The monoisotopic (exact) mass is 480 g/mol. The van der Waals surface area contributed by atoms with E-state index in [1.165, 1.54) is 12.1 Å². The quantitative estimate of drug-likeness (QED) is 0.559. The molecule has 1 fully saturated rings. The number of H-pyrrole nitrogens is 1. The highest BCUT2D eigenvalue weighted by molar-refractivity contribution is 9.10. The molecule has 2 aromatic heterocycles. The summed E-state index contributed by atoms with van der Waals surface area (Å²) in [7, 11) is 1.62. The van der Waals surface area contributed by atoms with E-state index in [0.717, 1.165) is 23.9 Å². The third-order valence-electron chi connectivity index (χ3n) is 5.66. The zero-order valence-electron chi connectivity index (χ0n) is 17.8. The Morgan fingerprint density at radius 2 is 1.97 bits per heavy atom. The summed E-state index contributed by atoms with van der Waals surface area (Å²) in [6.07, 6.45) is 1.17. The summed E-state index contributed by atoms with van der Waals surface area (Å²) in [6, 6.07) is 2.84. The van der Waals surface area contributed by atoms with Gasteiger partial charge in [0.15, 0.2) is 5.65 Å². The molecule has 4 rings (SSSR count). The number of piperidine rings is 1. The van der Waals surface area contributed by atoms with Gasteiger partial charge in [-0.2, -0.15) is 0 Å². The number of hydrogen-bond acceptors (Lipinski definition) is 4. The number of rotatable bonds is 2. The number of hydrogen-bond donors (Lipinski definition) is 1. The molecule has 1 aliphatic rings. The number of halogens is 2. The van der Waals surface area contributed by atoms with Crippen molar-refractivity contribution in [2.75, 3.05) is 20.2 Å². The van der Waals surface area contributed by atoms with Gasteiger partial charge in [-0.15, -0.1) is 0 Å². The fraction of sp³-hybridized carbons (Fsp3) is 0.524. The number of carbonyl (C=O) groups excluding carboxylic acids is 1. The SMILES string of the molecule is COc1[nH]n2c(nc3cc(F)cc(Br)c32)c1C1(C)CCN(C(=O)OC(C)(C)C)CC1. The van der Waals surface area contributed by atoms with Crippen molar-refractivity contribution in [1.29, 1.82) is 0 Å². The summed E-state index contributed by atoms with van der Waals surface area (Å²) >= 11 is 3.44. The van der Waals surface area contributed by atoms with Crippen molar-refractivity contribution < 1.29 is 18.7 Å². The number of nitrogens with one attached hydrogen (secondary N) is 1. The van der Waals surface area contributed by atoms with Crippen LogP contribution in [-0.4, -0.2) is 51.4 Å². The van der Waals surface area contributed by atoms with E-state index >= 15 is 0 Å². The van der Waals surface area contributed by atoms with Crippen molar-refractivity contribution in [3.63, 3.8) is 0 Å². The molecule has 0 spiro atoms. The van der Waals surface area contributed by atoms with Gasteiger partial charge >= 0.3 is 6.09 Å². The fourth-order valence-corrected chi connectivity index (χ4v) is 4.71. The third kappa shape index (κ3) is 3.53. The molecule has 3 heterocycles. The summed E-state index contributed by atoms with van der Waals surface area (Å²) in [4.78, 5) is 18.9. The lowest BCUT2D eigenvalue weighted by Crippen LogP contribution is -2.45. The van der Waals surface area contributed by atoms with Crippen LogP contribution in [0.15, 0.2) is 16.6 Å². The number of fused-ring (bicyclic) bond motifs is 3. The highest BCUT2D eigenvalue weighted by Gasteiger charge is 2.40. The number of likely N-dealkylation sites (tertiary alicyclic amines) is 1. The minimum absolute atomic E-state index is 0.266. The van der Waals surface area contributed by atoms with E-state index in [1.54, 1.807) is 12.0 Å². The van der Waals surface area contributed by atoms with E-state index in [0.29, 0.717) is 34.6 Å². The number of aromatic nitrogens is 3. The molecule has 1 amide bonds. The molecule has 3 aromatic rings. The Labute approximate surface area is 182 Å². The van der Waals surface area contributed by atoms with E-state index in [4.69, 9.17) is 14.5 Å². The number of carbonyl (C=O) groups is 1. The minimum atomic E-state index is -0.521. The second kappa shape index (κ2) is 7.14. The van der Waals surface area contributed by atoms with E-state index in [1.807, 2.05) is 25.3 Å². The Kier molecular flexibility index (Phi) is 4.99. The standard InChI is InChI=1S/C21H26BrFN4O3/c1-20(2,3)30-19(28)26-8-6-21(4,7-9-26)15-17-24-14-11-12(23)10-13(22)16(14)27(17)25-18(15)29-5/h10-11,25H,6-9H2,1-5H3. The molecule has 7 nitrogen and oxygen atoms in total. The summed E-state index contributed by atoms with van der Waals surface area (Å²) in [6.45, 7) is 8.90. The lowest BCUT2D eigenvalue weighted by molar-refractivity contribution is 0.0171. The lowest BCUT2D eigenvalue weighted by atomic mass is 9.75. The summed E-state index contributed by atoms with van der Waals surface area (Å²) < 4.78 is 27.5. The van der Waals surface area contributed by atoms with Crippen LogP contribution in [0.1, 0.15) is 46.1 Å². The van der Waals surface area contributed by atoms with Crippen molar-refractivity contribution in [2.24, 2.45) is 0 Å². The molecule has 0 bridgehead atoms. The molecule has 0 atom stereocenters. The topological polar surface area (TPSA) is 71.9 Å². The first-order valence-electron chi connectivity index (χ1n) is 9.94. The maximum Gasteiger partial charge on any atom is 0.410 e. The van der Waals surface area contributed by atoms with Crippen LogP contribution in [0.2, 0.25) is 0 Å². The number of imidazole rings is 1. The van der Waals surface area contributed by atoms with Crippen LogP contribution in [0.25, 0.3) is 16.7 Å². The van der Waals surface area contributed by atoms with Crippen molar-refractivity contribution >= 4 is 38.7 Å². The van der Waals surface area contributed by atoms with E-state index in [9.17, 15) is 9.18 Å². The maximum atomic E-state index is 13.9. The number of amides is 1. The fourth-order valence-electron chi connectivity index (χ4n) is 4.12. The summed E-state index contributed by atoms with van der Waals surface area (Å²) in [5.74, 6) is 0.282. The van der Waals surface area contributed by atoms with Crippen LogP contribution < -0.4 is 4.74 Å². The van der Waals surface area contributed by atoms with Crippen LogP contribution in [0.5, 0.6) is 5.88 Å². The molecule has 0 radical (unpaired) electrons. The van der Waals surface area contributed by atoms with Gasteiger partial charge in [0.1, 0.15) is 16.9 Å². The Balaban J connectivity index is 1.70. The van der Waals surface area contributed by atoms with Gasteiger partial charge in [0.05, 0.1) is 18.2 Å². The highest BCUT2D eigenvalue weighted by atomic mass is 79.9. The van der Waals surface area contributed by atoms with Gasteiger partial charge in [0.2, 0.25) is 5.88 Å². The summed E-state index contributed by atoms with van der Waals surface area (Å²) in [5, 5.41) is 3.26. The minimum Gasteiger partial charge on any atom is -0.481 e. The maximum absolute atomic E-state index is 13.9. The predicted octanol–water partition coefficient (Wildman–Crippen LogP) is 5.01. The van der Waals surface area contributed by atoms with E-state index in [2.05, 4.69) is 28.0 Å². The van der Waals surface area contributed by atoms with Crippen molar-refractivity contribution in [1.82, 2.24) is 19.5 Å².